The van der Waals surface area contributed by atoms with Gasteiger partial charge in [0.25, 0.3) is 0 Å². The van der Waals surface area contributed by atoms with Crippen LogP contribution in [0.3, 0.4) is 0 Å². The van der Waals surface area contributed by atoms with Gasteiger partial charge in [0, 0.05) is 17.9 Å². The quantitative estimate of drug-likeness (QED) is 0.855. The molecule has 1 aromatic heterocycles. The van der Waals surface area contributed by atoms with Crippen molar-refractivity contribution < 1.29 is 22.7 Å². The van der Waals surface area contributed by atoms with Gasteiger partial charge < -0.3 is 9.52 Å². The number of hydrogen-bond acceptors (Lipinski definition) is 5. The van der Waals surface area contributed by atoms with Crippen molar-refractivity contribution >= 4 is 27.8 Å². The zero-order valence-electron chi connectivity index (χ0n) is 10.4. The van der Waals surface area contributed by atoms with E-state index in [1.807, 2.05) is 0 Å². The number of carboxylic acids is 1. The van der Waals surface area contributed by atoms with Crippen molar-refractivity contribution in [2.75, 3.05) is 12.3 Å². The topological polar surface area (TPSA) is 96.6 Å². The summed E-state index contributed by atoms with van der Waals surface area (Å²) in [7, 11) is -3.71. The standard InChI is InChI=1S/C11H15NO5S2/c1-7-10(5-9(17-7)11(13)14)19(15,16)12-6-8-3-2-4-18-8/h5,8,12H,2-4,6H2,1H3,(H,13,14). The summed E-state index contributed by atoms with van der Waals surface area (Å²) in [5, 5.41) is 9.07. The average molecular weight is 305 g/mol. The number of aromatic carboxylic acids is 1. The first-order valence-corrected chi connectivity index (χ1v) is 8.38. The number of thioether (sulfide) groups is 1. The third-order valence-corrected chi connectivity index (χ3v) is 5.83. The Bertz CT molecular complexity index is 572. The van der Waals surface area contributed by atoms with Gasteiger partial charge in [-0.05, 0) is 25.5 Å². The van der Waals surface area contributed by atoms with Gasteiger partial charge in [-0.25, -0.2) is 17.9 Å². The highest BCUT2D eigenvalue weighted by molar-refractivity contribution is 8.00. The largest absolute Gasteiger partial charge is 0.475 e. The number of hydrogen-bond donors (Lipinski definition) is 2. The molecule has 0 saturated carbocycles. The molecule has 0 radical (unpaired) electrons. The molecule has 1 fully saturated rings. The van der Waals surface area contributed by atoms with Crippen LogP contribution in [0.25, 0.3) is 0 Å². The second kappa shape index (κ2) is 5.56. The van der Waals surface area contributed by atoms with Crippen LogP contribution in [0.15, 0.2) is 15.4 Å². The maximum Gasteiger partial charge on any atom is 0.371 e. The lowest BCUT2D eigenvalue weighted by molar-refractivity contribution is 0.0661. The molecular weight excluding hydrogens is 290 g/mol. The first kappa shape index (κ1) is 14.4. The van der Waals surface area contributed by atoms with E-state index in [4.69, 9.17) is 9.52 Å². The van der Waals surface area contributed by atoms with Crippen molar-refractivity contribution in [1.29, 1.82) is 0 Å². The van der Waals surface area contributed by atoms with E-state index in [2.05, 4.69) is 4.72 Å². The van der Waals surface area contributed by atoms with Crippen molar-refractivity contribution in [1.82, 2.24) is 4.72 Å². The highest BCUT2D eigenvalue weighted by Gasteiger charge is 2.25. The van der Waals surface area contributed by atoms with Gasteiger partial charge in [-0.1, -0.05) is 0 Å². The molecular formula is C11H15NO5S2. The number of aryl methyl sites for hydroxylation is 1. The summed E-state index contributed by atoms with van der Waals surface area (Å²) in [5.74, 6) is -0.506. The molecule has 1 atom stereocenters. The third kappa shape index (κ3) is 3.31. The Morgan fingerprint density at radius 1 is 1.63 bits per heavy atom. The van der Waals surface area contributed by atoms with Crippen LogP contribution in [-0.4, -0.2) is 37.0 Å². The molecule has 1 aliphatic rings. The molecule has 6 nitrogen and oxygen atoms in total. The van der Waals surface area contributed by atoms with Crippen LogP contribution in [0, 0.1) is 6.92 Å². The highest BCUT2D eigenvalue weighted by Crippen LogP contribution is 2.26. The van der Waals surface area contributed by atoms with Crippen LogP contribution in [0.1, 0.15) is 29.2 Å². The first-order valence-electron chi connectivity index (χ1n) is 5.85. The van der Waals surface area contributed by atoms with Crippen LogP contribution in [0.2, 0.25) is 0 Å². The molecule has 0 aliphatic carbocycles. The Labute approximate surface area is 115 Å². The number of rotatable bonds is 5. The average Bonchev–Trinajstić information content (AvgIpc) is 2.95. The molecule has 2 heterocycles. The lowest BCUT2D eigenvalue weighted by atomic mass is 10.2. The smallest absolute Gasteiger partial charge is 0.371 e. The predicted octanol–water partition coefficient (Wildman–Crippen LogP) is 1.46. The Kier molecular flexibility index (Phi) is 4.22. The SMILES string of the molecule is Cc1oc(C(=O)O)cc1S(=O)(=O)NCC1CCCS1. The third-order valence-electron chi connectivity index (χ3n) is 2.90. The van der Waals surface area contributed by atoms with E-state index >= 15 is 0 Å². The van der Waals surface area contributed by atoms with Gasteiger partial charge in [0.05, 0.1) is 0 Å². The summed E-state index contributed by atoms with van der Waals surface area (Å²) in [6.45, 7) is 1.80. The minimum Gasteiger partial charge on any atom is -0.475 e. The highest BCUT2D eigenvalue weighted by atomic mass is 32.2. The number of carbonyl (C=O) groups is 1. The molecule has 1 aliphatic heterocycles. The molecule has 1 aromatic rings. The van der Waals surface area contributed by atoms with Crippen molar-refractivity contribution in [3.05, 3.63) is 17.6 Å². The number of furan rings is 1. The number of nitrogens with one attached hydrogen (secondary N) is 1. The second-order valence-corrected chi connectivity index (χ2v) is 7.47. The Morgan fingerprint density at radius 2 is 2.37 bits per heavy atom. The molecule has 2 rings (SSSR count). The van der Waals surface area contributed by atoms with E-state index in [1.54, 1.807) is 11.8 Å². The summed E-state index contributed by atoms with van der Waals surface area (Å²) in [6.07, 6.45) is 2.10. The molecule has 2 N–H and O–H groups in total. The van der Waals surface area contributed by atoms with Gasteiger partial charge in [-0.15, -0.1) is 0 Å². The minimum atomic E-state index is -3.71. The Hall–Kier alpha value is -0.990. The normalized spacial score (nSPS) is 19.7. The number of sulfonamides is 1. The van der Waals surface area contributed by atoms with Crippen molar-refractivity contribution in [3.63, 3.8) is 0 Å². The maximum absolute atomic E-state index is 12.1. The monoisotopic (exact) mass is 305 g/mol. The summed E-state index contributed by atoms with van der Waals surface area (Å²) in [5.41, 5.74) is 0. The van der Waals surface area contributed by atoms with E-state index < -0.39 is 16.0 Å². The minimum absolute atomic E-state index is 0.0870. The van der Waals surface area contributed by atoms with Crippen molar-refractivity contribution in [3.8, 4) is 0 Å². The van der Waals surface area contributed by atoms with Gasteiger partial charge >= 0.3 is 5.97 Å². The van der Waals surface area contributed by atoms with E-state index in [0.717, 1.165) is 24.7 Å². The van der Waals surface area contributed by atoms with Gasteiger partial charge in [0.2, 0.25) is 15.8 Å². The summed E-state index contributed by atoms with van der Waals surface area (Å²) in [4.78, 5) is 10.6. The molecule has 0 spiro atoms. The molecule has 19 heavy (non-hydrogen) atoms. The summed E-state index contributed by atoms with van der Waals surface area (Å²) in [6, 6.07) is 1.04. The lowest BCUT2D eigenvalue weighted by Gasteiger charge is -2.09. The Morgan fingerprint density at radius 3 is 2.89 bits per heavy atom. The zero-order valence-corrected chi connectivity index (χ0v) is 12.0. The van der Waals surface area contributed by atoms with Crippen molar-refractivity contribution in [2.24, 2.45) is 0 Å². The molecule has 8 heteroatoms. The van der Waals surface area contributed by atoms with Crippen molar-refractivity contribution in [2.45, 2.75) is 29.9 Å². The predicted molar refractivity (Wildman–Crippen MR) is 71.1 cm³/mol. The van der Waals surface area contributed by atoms with Gasteiger partial charge in [0.1, 0.15) is 10.7 Å². The van der Waals surface area contributed by atoms with Gasteiger partial charge in [-0.2, -0.15) is 11.8 Å². The lowest BCUT2D eigenvalue weighted by Crippen LogP contribution is -2.30. The van der Waals surface area contributed by atoms with E-state index in [9.17, 15) is 13.2 Å². The molecule has 1 saturated heterocycles. The first-order chi connectivity index (χ1) is 8.90. The van der Waals surface area contributed by atoms with Gasteiger partial charge in [0.15, 0.2) is 0 Å². The summed E-state index contributed by atoms with van der Waals surface area (Å²) < 4.78 is 31.6. The number of carboxylic acid groups (broad SMARTS) is 1. The second-order valence-electron chi connectivity index (χ2n) is 4.32. The fraction of sp³-hybridized carbons (Fsp3) is 0.545. The summed E-state index contributed by atoms with van der Waals surface area (Å²) >= 11 is 1.75. The van der Waals surface area contributed by atoms with Crippen LogP contribution in [-0.2, 0) is 10.0 Å². The van der Waals surface area contributed by atoms with E-state index in [1.165, 1.54) is 6.92 Å². The van der Waals surface area contributed by atoms with Crippen LogP contribution >= 0.6 is 11.8 Å². The van der Waals surface area contributed by atoms with Crippen LogP contribution < -0.4 is 4.72 Å². The van der Waals surface area contributed by atoms with Crippen LogP contribution in [0.5, 0.6) is 0 Å². The molecule has 0 amide bonds. The zero-order chi connectivity index (χ0) is 14.0. The van der Waals surface area contributed by atoms with Crippen LogP contribution in [0.4, 0.5) is 0 Å². The fourth-order valence-electron chi connectivity index (χ4n) is 1.92. The van der Waals surface area contributed by atoms with E-state index in [0.29, 0.717) is 11.8 Å². The van der Waals surface area contributed by atoms with Gasteiger partial charge in [-0.3, -0.25) is 0 Å². The fourth-order valence-corrected chi connectivity index (χ4v) is 4.49. The molecule has 0 bridgehead atoms. The molecule has 1 unspecified atom stereocenters. The molecule has 0 aromatic carbocycles. The van der Waals surface area contributed by atoms with E-state index in [-0.39, 0.29) is 16.4 Å². The maximum atomic E-state index is 12.1. The molecule has 106 valence electrons. The Balaban J connectivity index is 2.12.